The highest BCUT2D eigenvalue weighted by Crippen LogP contribution is 2.25. The number of benzene rings is 3. The number of anilines is 2. The van der Waals surface area contributed by atoms with Crippen LogP contribution in [-0.2, 0) is 6.54 Å². The van der Waals surface area contributed by atoms with E-state index in [1.54, 1.807) is 18.2 Å². The Balaban J connectivity index is 1.16. The van der Waals surface area contributed by atoms with E-state index < -0.39 is 0 Å². The first kappa shape index (κ1) is 22.5. The molecule has 0 unspecified atom stereocenters. The number of rotatable bonds is 8. The molecule has 3 N–H and O–H groups in total. The highest BCUT2D eigenvalue weighted by Gasteiger charge is 2.14. The van der Waals surface area contributed by atoms with Crippen LogP contribution >= 0.6 is 0 Å². The molecular formula is C27H27N5O3. The molecule has 5 rings (SSSR count). The Bertz CT molecular complexity index is 1310. The Hall–Kier alpha value is -4.33. The number of ether oxygens (including phenoxy) is 1. The standard InChI is InChI=1S/C27H27N5O3/c33-25(20-8-10-21(11-9-20)32-14-4-5-15-32)18-35-22-12-13-23-24(16-22)30-31-26(23)29-27(34)28-17-19-6-2-1-3-7-19/h1-3,6-13,16H,4-5,14-15,17-18H2,(H3,28,29,30,31,34). The van der Waals surface area contributed by atoms with Crippen molar-refractivity contribution in [3.8, 4) is 5.75 Å². The summed E-state index contributed by atoms with van der Waals surface area (Å²) in [6, 6.07) is 22.4. The predicted molar refractivity (Wildman–Crippen MR) is 136 cm³/mol. The molecule has 2 amide bonds. The lowest BCUT2D eigenvalue weighted by molar-refractivity contribution is 0.0921. The second-order valence-electron chi connectivity index (χ2n) is 8.53. The van der Waals surface area contributed by atoms with Gasteiger partial charge in [0.25, 0.3) is 0 Å². The second kappa shape index (κ2) is 10.3. The van der Waals surface area contributed by atoms with Gasteiger partial charge in [0.15, 0.2) is 18.2 Å². The fraction of sp³-hybridized carbons (Fsp3) is 0.222. The van der Waals surface area contributed by atoms with Crippen LogP contribution in [-0.4, -0.2) is 41.7 Å². The number of aromatic amines is 1. The van der Waals surface area contributed by atoms with Gasteiger partial charge in [0.1, 0.15) is 5.75 Å². The highest BCUT2D eigenvalue weighted by atomic mass is 16.5. The Morgan fingerprint density at radius 2 is 1.74 bits per heavy atom. The van der Waals surface area contributed by atoms with E-state index in [4.69, 9.17) is 4.74 Å². The molecule has 0 radical (unpaired) electrons. The van der Waals surface area contributed by atoms with Crippen molar-refractivity contribution in [1.82, 2.24) is 15.5 Å². The first-order chi connectivity index (χ1) is 17.2. The van der Waals surface area contributed by atoms with Gasteiger partial charge in [0.05, 0.1) is 5.52 Å². The molecule has 0 bridgehead atoms. The normalized spacial score (nSPS) is 13.1. The van der Waals surface area contributed by atoms with Crippen LogP contribution in [0.25, 0.3) is 10.9 Å². The Labute approximate surface area is 203 Å². The smallest absolute Gasteiger partial charge is 0.320 e. The Morgan fingerprint density at radius 3 is 2.51 bits per heavy atom. The highest BCUT2D eigenvalue weighted by molar-refractivity contribution is 5.99. The molecule has 4 aromatic rings. The molecule has 1 saturated heterocycles. The Morgan fingerprint density at radius 1 is 0.971 bits per heavy atom. The van der Waals surface area contributed by atoms with Crippen molar-refractivity contribution in [2.75, 3.05) is 29.9 Å². The van der Waals surface area contributed by atoms with Crippen LogP contribution in [0.1, 0.15) is 28.8 Å². The lowest BCUT2D eigenvalue weighted by Gasteiger charge is -2.17. The molecule has 8 heteroatoms. The number of carbonyl (C=O) groups is 2. The Kier molecular flexibility index (Phi) is 6.61. The number of nitrogens with one attached hydrogen (secondary N) is 3. The molecule has 3 aromatic carbocycles. The van der Waals surface area contributed by atoms with Crippen molar-refractivity contribution >= 4 is 34.2 Å². The van der Waals surface area contributed by atoms with E-state index in [2.05, 4.69) is 25.7 Å². The molecule has 35 heavy (non-hydrogen) atoms. The molecule has 1 fully saturated rings. The summed E-state index contributed by atoms with van der Waals surface area (Å²) in [6.07, 6.45) is 2.43. The number of carbonyl (C=O) groups excluding carboxylic acids is 2. The summed E-state index contributed by atoms with van der Waals surface area (Å²) in [4.78, 5) is 27.2. The third kappa shape index (κ3) is 5.43. The van der Waals surface area contributed by atoms with E-state index in [0.717, 1.165) is 29.7 Å². The fourth-order valence-corrected chi connectivity index (χ4v) is 4.18. The zero-order valence-corrected chi connectivity index (χ0v) is 19.3. The van der Waals surface area contributed by atoms with Crippen molar-refractivity contribution in [1.29, 1.82) is 0 Å². The van der Waals surface area contributed by atoms with Gasteiger partial charge in [-0.25, -0.2) is 4.79 Å². The average Bonchev–Trinajstić information content (AvgIpc) is 3.57. The lowest BCUT2D eigenvalue weighted by Crippen LogP contribution is -2.28. The average molecular weight is 470 g/mol. The summed E-state index contributed by atoms with van der Waals surface area (Å²) in [5, 5.41) is 13.4. The molecule has 0 saturated carbocycles. The van der Waals surface area contributed by atoms with E-state index in [1.807, 2.05) is 54.6 Å². The van der Waals surface area contributed by atoms with Gasteiger partial charge in [-0.2, -0.15) is 5.10 Å². The minimum atomic E-state index is -0.344. The number of fused-ring (bicyclic) bond motifs is 1. The van der Waals surface area contributed by atoms with Gasteiger partial charge in [-0.05, 0) is 54.8 Å². The fourth-order valence-electron chi connectivity index (χ4n) is 4.18. The van der Waals surface area contributed by atoms with Crippen molar-refractivity contribution in [2.45, 2.75) is 19.4 Å². The molecular weight excluding hydrogens is 442 g/mol. The zero-order valence-electron chi connectivity index (χ0n) is 19.3. The summed E-state index contributed by atoms with van der Waals surface area (Å²) in [7, 11) is 0. The third-order valence-electron chi connectivity index (χ3n) is 6.09. The molecule has 0 spiro atoms. The molecule has 0 atom stereocenters. The van der Waals surface area contributed by atoms with Crippen LogP contribution in [0, 0.1) is 0 Å². The van der Waals surface area contributed by atoms with Gasteiger partial charge in [0.2, 0.25) is 0 Å². The van der Waals surface area contributed by atoms with Crippen molar-refractivity contribution in [3.63, 3.8) is 0 Å². The monoisotopic (exact) mass is 469 g/mol. The molecule has 1 aromatic heterocycles. The molecule has 1 aliphatic heterocycles. The zero-order chi connectivity index (χ0) is 24.0. The minimum absolute atomic E-state index is 0.0598. The van der Waals surface area contributed by atoms with Crippen LogP contribution in [0.2, 0.25) is 0 Å². The van der Waals surface area contributed by atoms with Gasteiger partial charge in [-0.15, -0.1) is 0 Å². The SMILES string of the molecule is O=C(NCc1ccccc1)Nc1n[nH]c2cc(OCC(=O)c3ccc(N4CCCC4)cc3)ccc12. The number of amides is 2. The quantitative estimate of drug-likeness (QED) is 0.324. The van der Waals surface area contributed by atoms with Crippen molar-refractivity contribution in [2.24, 2.45) is 0 Å². The molecule has 1 aliphatic rings. The predicted octanol–water partition coefficient (Wildman–Crippen LogP) is 4.75. The number of H-pyrrole nitrogens is 1. The number of aromatic nitrogens is 2. The first-order valence-electron chi connectivity index (χ1n) is 11.7. The van der Waals surface area contributed by atoms with Crippen LogP contribution in [0.15, 0.2) is 72.8 Å². The maximum Gasteiger partial charge on any atom is 0.320 e. The molecule has 2 heterocycles. The second-order valence-corrected chi connectivity index (χ2v) is 8.53. The first-order valence-corrected chi connectivity index (χ1v) is 11.7. The topological polar surface area (TPSA) is 99.4 Å². The third-order valence-corrected chi connectivity index (χ3v) is 6.09. The summed E-state index contributed by atoms with van der Waals surface area (Å²) >= 11 is 0. The maximum absolute atomic E-state index is 12.6. The lowest BCUT2D eigenvalue weighted by atomic mass is 10.1. The van der Waals surface area contributed by atoms with E-state index in [9.17, 15) is 9.59 Å². The number of hydrogen-bond donors (Lipinski definition) is 3. The van der Waals surface area contributed by atoms with Crippen LogP contribution < -0.4 is 20.3 Å². The number of nitrogens with zero attached hydrogens (tertiary/aromatic N) is 2. The number of hydrogen-bond acceptors (Lipinski definition) is 5. The van der Waals surface area contributed by atoms with Gasteiger partial charge in [-0.3, -0.25) is 15.2 Å². The number of urea groups is 1. The van der Waals surface area contributed by atoms with Crippen LogP contribution in [0.4, 0.5) is 16.3 Å². The molecule has 0 aliphatic carbocycles. The van der Waals surface area contributed by atoms with E-state index in [1.165, 1.54) is 12.8 Å². The van der Waals surface area contributed by atoms with E-state index >= 15 is 0 Å². The van der Waals surface area contributed by atoms with Crippen LogP contribution in [0.3, 0.4) is 0 Å². The molecule has 178 valence electrons. The summed E-state index contributed by atoms with van der Waals surface area (Å²) < 4.78 is 5.73. The summed E-state index contributed by atoms with van der Waals surface area (Å²) in [5.41, 5.74) is 3.49. The van der Waals surface area contributed by atoms with Crippen LogP contribution in [0.5, 0.6) is 5.75 Å². The van der Waals surface area contributed by atoms with Gasteiger partial charge < -0.3 is 15.0 Å². The van der Waals surface area contributed by atoms with Gasteiger partial charge in [-0.1, -0.05) is 30.3 Å². The van der Waals surface area contributed by atoms with Gasteiger partial charge >= 0.3 is 6.03 Å². The van der Waals surface area contributed by atoms with Gasteiger partial charge in [0, 0.05) is 42.3 Å². The number of ketones is 1. The minimum Gasteiger partial charge on any atom is -0.485 e. The largest absolute Gasteiger partial charge is 0.485 e. The summed E-state index contributed by atoms with van der Waals surface area (Å²) in [6.45, 7) is 2.50. The molecule has 8 nitrogen and oxygen atoms in total. The van der Waals surface area contributed by atoms with Crippen molar-refractivity contribution in [3.05, 3.63) is 83.9 Å². The van der Waals surface area contributed by atoms with Crippen molar-refractivity contribution < 1.29 is 14.3 Å². The van der Waals surface area contributed by atoms with E-state index in [-0.39, 0.29) is 18.4 Å². The number of Topliss-reactive ketones (excluding diaryl/α,β-unsaturated/α-hetero) is 1. The van der Waals surface area contributed by atoms with E-state index in [0.29, 0.717) is 29.2 Å². The summed E-state index contributed by atoms with van der Waals surface area (Å²) in [5.74, 6) is 0.884. The maximum atomic E-state index is 12.6.